The third kappa shape index (κ3) is 4.35. The Morgan fingerprint density at radius 3 is 2.50 bits per heavy atom. The molecule has 1 heterocycles. The van der Waals surface area contributed by atoms with Crippen LogP contribution in [0.15, 0.2) is 0 Å². The van der Waals surface area contributed by atoms with Gasteiger partial charge in [-0.05, 0) is 18.3 Å². The highest BCUT2D eigenvalue weighted by molar-refractivity contribution is 5.95. The van der Waals surface area contributed by atoms with Gasteiger partial charge in [-0.2, -0.15) is 0 Å². The van der Waals surface area contributed by atoms with Crippen LogP contribution in [0, 0.1) is 11.8 Å². The van der Waals surface area contributed by atoms with Crippen molar-refractivity contribution < 1.29 is 19.5 Å². The second-order valence-electron chi connectivity index (χ2n) is 4.99. The van der Waals surface area contributed by atoms with Crippen molar-refractivity contribution in [2.45, 2.75) is 33.1 Å². The van der Waals surface area contributed by atoms with Gasteiger partial charge in [-0.25, -0.2) is 4.79 Å². The van der Waals surface area contributed by atoms with E-state index >= 15 is 0 Å². The number of aliphatic carboxylic acids is 1. The van der Waals surface area contributed by atoms with Crippen LogP contribution < -0.4 is 5.32 Å². The summed E-state index contributed by atoms with van der Waals surface area (Å²) in [6, 6.07) is -0.409. The van der Waals surface area contributed by atoms with Gasteiger partial charge in [-0.1, -0.05) is 13.8 Å². The molecule has 3 amide bonds. The van der Waals surface area contributed by atoms with Crippen LogP contribution in [0.3, 0.4) is 0 Å². The van der Waals surface area contributed by atoms with Crippen LogP contribution >= 0.6 is 0 Å². The lowest BCUT2D eigenvalue weighted by atomic mass is 9.95. The number of carbonyl (C=O) groups is 3. The molecule has 1 rings (SSSR count). The maximum atomic E-state index is 11.7. The molecular weight excluding hydrogens is 236 g/mol. The van der Waals surface area contributed by atoms with Gasteiger partial charge in [0.05, 0.1) is 6.42 Å². The molecule has 0 bridgehead atoms. The Kier molecular flexibility index (Phi) is 5.12. The normalized spacial score (nSPS) is 19.1. The lowest BCUT2D eigenvalue weighted by Crippen LogP contribution is -2.41. The van der Waals surface area contributed by atoms with Crippen molar-refractivity contribution in [2.75, 3.05) is 13.1 Å². The maximum absolute atomic E-state index is 11.7. The van der Waals surface area contributed by atoms with Gasteiger partial charge in [-0.3, -0.25) is 14.9 Å². The minimum Gasteiger partial charge on any atom is -0.481 e. The lowest BCUT2D eigenvalue weighted by Gasteiger charge is -2.18. The van der Waals surface area contributed by atoms with E-state index in [0.29, 0.717) is 24.9 Å². The minimum absolute atomic E-state index is 0.164. The first-order chi connectivity index (χ1) is 8.40. The number of likely N-dealkylation sites (tertiary alicyclic amines) is 1. The number of hydrogen-bond donors (Lipinski definition) is 2. The summed E-state index contributed by atoms with van der Waals surface area (Å²) in [5.41, 5.74) is 0. The number of imide groups is 1. The van der Waals surface area contributed by atoms with Crippen LogP contribution in [-0.2, 0) is 9.59 Å². The fourth-order valence-corrected chi connectivity index (χ4v) is 2.00. The lowest BCUT2D eigenvalue weighted by molar-refractivity contribution is -0.138. The second-order valence-corrected chi connectivity index (χ2v) is 4.99. The molecule has 102 valence electrons. The first-order valence-electron chi connectivity index (χ1n) is 6.20. The molecule has 1 atom stereocenters. The maximum Gasteiger partial charge on any atom is 0.324 e. The van der Waals surface area contributed by atoms with E-state index in [1.165, 1.54) is 0 Å². The standard InChI is InChI=1S/C12H20N2O4/c1-8(2)9-5-6-14(7-9)12(18)13-10(15)3-4-11(16)17/h8-9H,3-7H2,1-2H3,(H,16,17)(H,13,15,18). The highest BCUT2D eigenvalue weighted by Crippen LogP contribution is 2.23. The van der Waals surface area contributed by atoms with E-state index in [2.05, 4.69) is 19.2 Å². The number of nitrogens with one attached hydrogen (secondary N) is 1. The smallest absolute Gasteiger partial charge is 0.324 e. The largest absolute Gasteiger partial charge is 0.481 e. The first kappa shape index (κ1) is 14.5. The molecule has 2 N–H and O–H groups in total. The molecule has 0 aromatic heterocycles. The van der Waals surface area contributed by atoms with Crippen molar-refractivity contribution in [3.05, 3.63) is 0 Å². The zero-order valence-corrected chi connectivity index (χ0v) is 10.8. The minimum atomic E-state index is -1.04. The summed E-state index contributed by atoms with van der Waals surface area (Å²) in [6.45, 7) is 5.55. The van der Waals surface area contributed by atoms with E-state index < -0.39 is 17.9 Å². The predicted octanol–water partition coefficient (Wildman–Crippen LogP) is 1.07. The van der Waals surface area contributed by atoms with Crippen molar-refractivity contribution >= 4 is 17.9 Å². The predicted molar refractivity (Wildman–Crippen MR) is 64.9 cm³/mol. The number of nitrogens with zero attached hydrogens (tertiary/aromatic N) is 1. The Bertz CT molecular complexity index is 341. The second kappa shape index (κ2) is 6.37. The van der Waals surface area contributed by atoms with Crippen LogP contribution in [0.4, 0.5) is 4.79 Å². The SMILES string of the molecule is CC(C)C1CCN(C(=O)NC(=O)CCC(=O)O)C1. The number of carboxylic acid groups (broad SMARTS) is 1. The monoisotopic (exact) mass is 256 g/mol. The summed E-state index contributed by atoms with van der Waals surface area (Å²) >= 11 is 0. The zero-order valence-electron chi connectivity index (χ0n) is 10.8. The van der Waals surface area contributed by atoms with E-state index in [0.717, 1.165) is 6.42 Å². The molecule has 0 radical (unpaired) electrons. The van der Waals surface area contributed by atoms with Gasteiger partial charge in [0.15, 0.2) is 0 Å². The van der Waals surface area contributed by atoms with Gasteiger partial charge in [0, 0.05) is 19.5 Å². The average Bonchev–Trinajstić information content (AvgIpc) is 2.75. The number of rotatable bonds is 4. The Hall–Kier alpha value is -1.59. The zero-order chi connectivity index (χ0) is 13.7. The third-order valence-electron chi connectivity index (χ3n) is 3.27. The molecule has 1 saturated heterocycles. The van der Waals surface area contributed by atoms with E-state index in [-0.39, 0.29) is 12.8 Å². The van der Waals surface area contributed by atoms with Crippen LogP contribution in [0.5, 0.6) is 0 Å². The van der Waals surface area contributed by atoms with E-state index in [4.69, 9.17) is 5.11 Å². The van der Waals surface area contributed by atoms with Crippen molar-refractivity contribution in [3.8, 4) is 0 Å². The first-order valence-corrected chi connectivity index (χ1v) is 6.20. The molecule has 1 aliphatic heterocycles. The average molecular weight is 256 g/mol. The van der Waals surface area contributed by atoms with E-state index in [1.54, 1.807) is 4.90 Å². The number of amides is 3. The molecule has 6 heteroatoms. The van der Waals surface area contributed by atoms with Gasteiger partial charge < -0.3 is 10.0 Å². The molecule has 1 aliphatic rings. The number of carboxylic acids is 1. The molecule has 0 saturated carbocycles. The van der Waals surface area contributed by atoms with Crippen molar-refractivity contribution in [3.63, 3.8) is 0 Å². The number of carbonyl (C=O) groups excluding carboxylic acids is 2. The van der Waals surface area contributed by atoms with Crippen molar-refractivity contribution in [1.29, 1.82) is 0 Å². The summed E-state index contributed by atoms with van der Waals surface area (Å²) in [5.74, 6) is -0.579. The van der Waals surface area contributed by atoms with Crippen LogP contribution in [0.2, 0.25) is 0 Å². The number of hydrogen-bond acceptors (Lipinski definition) is 3. The quantitative estimate of drug-likeness (QED) is 0.787. The number of urea groups is 1. The summed E-state index contributed by atoms with van der Waals surface area (Å²) in [6.07, 6.45) is 0.532. The summed E-state index contributed by atoms with van der Waals surface area (Å²) in [7, 11) is 0. The third-order valence-corrected chi connectivity index (χ3v) is 3.27. The van der Waals surface area contributed by atoms with Gasteiger partial charge >= 0.3 is 12.0 Å². The molecule has 18 heavy (non-hydrogen) atoms. The Labute approximate surface area is 106 Å². The highest BCUT2D eigenvalue weighted by atomic mass is 16.4. The molecule has 1 unspecified atom stereocenters. The van der Waals surface area contributed by atoms with Crippen molar-refractivity contribution in [2.24, 2.45) is 11.8 Å². The van der Waals surface area contributed by atoms with Crippen molar-refractivity contribution in [1.82, 2.24) is 10.2 Å². The van der Waals surface area contributed by atoms with Gasteiger partial charge in [-0.15, -0.1) is 0 Å². The molecule has 0 aromatic rings. The molecule has 0 aliphatic carbocycles. The van der Waals surface area contributed by atoms with E-state index in [9.17, 15) is 14.4 Å². The fourth-order valence-electron chi connectivity index (χ4n) is 2.00. The highest BCUT2D eigenvalue weighted by Gasteiger charge is 2.28. The Morgan fingerprint density at radius 1 is 1.33 bits per heavy atom. The van der Waals surface area contributed by atoms with Gasteiger partial charge in [0.1, 0.15) is 0 Å². The fraction of sp³-hybridized carbons (Fsp3) is 0.750. The molecule has 6 nitrogen and oxygen atoms in total. The molecular formula is C12H20N2O4. The Balaban J connectivity index is 2.33. The topological polar surface area (TPSA) is 86.7 Å². The van der Waals surface area contributed by atoms with Crippen LogP contribution in [0.1, 0.15) is 33.1 Å². The molecule has 1 fully saturated rings. The van der Waals surface area contributed by atoms with Gasteiger partial charge in [0.2, 0.25) is 5.91 Å². The van der Waals surface area contributed by atoms with Gasteiger partial charge in [0.25, 0.3) is 0 Å². The van der Waals surface area contributed by atoms with E-state index in [1.807, 2.05) is 0 Å². The molecule has 0 aromatic carbocycles. The summed E-state index contributed by atoms with van der Waals surface area (Å²) < 4.78 is 0. The molecule has 0 spiro atoms. The van der Waals surface area contributed by atoms with Crippen LogP contribution in [0.25, 0.3) is 0 Å². The summed E-state index contributed by atoms with van der Waals surface area (Å²) in [5, 5.41) is 10.6. The van der Waals surface area contributed by atoms with Crippen LogP contribution in [-0.4, -0.2) is 41.0 Å². The summed E-state index contributed by atoms with van der Waals surface area (Å²) in [4.78, 5) is 34.9. The Morgan fingerprint density at radius 2 is 2.00 bits per heavy atom.